The van der Waals surface area contributed by atoms with Gasteiger partial charge in [0.2, 0.25) is 0 Å². The number of carboxylic acids is 1. The van der Waals surface area contributed by atoms with Crippen LogP contribution in [-0.2, 0) is 10.2 Å². The molecule has 2 rings (SSSR count). The maximum Gasteiger partial charge on any atom is 0.315 e. The Bertz CT molecular complexity index is 656. The highest BCUT2D eigenvalue weighted by Gasteiger charge is 2.37. The van der Waals surface area contributed by atoms with Crippen molar-refractivity contribution in [3.63, 3.8) is 0 Å². The average Bonchev–Trinajstić information content (AvgIpc) is 3.09. The minimum absolute atomic E-state index is 0.353. The largest absolute Gasteiger partial charge is 0.481 e. The molecule has 0 bridgehead atoms. The number of aliphatic carboxylic acids is 1. The van der Waals surface area contributed by atoms with Crippen molar-refractivity contribution in [2.24, 2.45) is 11.7 Å². The zero-order chi connectivity index (χ0) is 17.6. The van der Waals surface area contributed by atoms with Crippen LogP contribution in [-0.4, -0.2) is 32.2 Å². The number of pyridine rings is 1. The molecule has 130 valence electrons. The number of rotatable bonds is 9. The van der Waals surface area contributed by atoms with Crippen molar-refractivity contribution in [2.45, 2.75) is 44.9 Å². The average molecular weight is 330 g/mol. The summed E-state index contributed by atoms with van der Waals surface area (Å²) < 4.78 is 1.75. The zero-order valence-corrected chi connectivity index (χ0v) is 14.4. The van der Waals surface area contributed by atoms with Crippen molar-refractivity contribution < 1.29 is 9.90 Å². The monoisotopic (exact) mass is 330 g/mol. The molecule has 6 nitrogen and oxygen atoms in total. The molecule has 0 aromatic carbocycles. The van der Waals surface area contributed by atoms with E-state index in [-0.39, 0.29) is 0 Å². The van der Waals surface area contributed by atoms with E-state index in [0.29, 0.717) is 24.6 Å². The fourth-order valence-electron chi connectivity index (χ4n) is 2.87. The second-order valence-electron chi connectivity index (χ2n) is 6.42. The third kappa shape index (κ3) is 4.00. The van der Waals surface area contributed by atoms with E-state index in [2.05, 4.69) is 16.9 Å². The fourth-order valence-corrected chi connectivity index (χ4v) is 2.87. The zero-order valence-electron chi connectivity index (χ0n) is 14.4. The van der Waals surface area contributed by atoms with Crippen molar-refractivity contribution in [1.82, 2.24) is 14.5 Å². The molecule has 0 saturated heterocycles. The summed E-state index contributed by atoms with van der Waals surface area (Å²) in [5.41, 5.74) is 5.33. The molecule has 0 saturated carbocycles. The number of nitrogens with two attached hydrogens (primary N) is 1. The number of carbonyl (C=O) groups is 1. The number of aromatic nitrogens is 3. The molecule has 0 unspecified atom stereocenters. The molecule has 0 spiro atoms. The molecule has 6 heteroatoms. The third-order valence-electron chi connectivity index (χ3n) is 4.62. The van der Waals surface area contributed by atoms with Crippen molar-refractivity contribution in [1.29, 1.82) is 0 Å². The maximum absolute atomic E-state index is 11.9. The SMILES string of the molecule is CCC[C@@H](CN)CC[C@](C)(C(=O)O)c1cn(-c2ccccn2)cn1. The lowest BCUT2D eigenvalue weighted by molar-refractivity contribution is -0.143. The molecule has 0 aliphatic rings. The predicted octanol–water partition coefficient (Wildman–Crippen LogP) is 2.76. The van der Waals surface area contributed by atoms with Crippen LogP contribution in [0.5, 0.6) is 0 Å². The van der Waals surface area contributed by atoms with Crippen molar-refractivity contribution in [2.75, 3.05) is 6.54 Å². The van der Waals surface area contributed by atoms with E-state index in [9.17, 15) is 9.90 Å². The van der Waals surface area contributed by atoms with Crippen molar-refractivity contribution >= 4 is 5.97 Å². The summed E-state index contributed by atoms with van der Waals surface area (Å²) in [6.45, 7) is 4.44. The van der Waals surface area contributed by atoms with E-state index in [4.69, 9.17) is 5.73 Å². The Hall–Kier alpha value is -2.21. The number of hydrogen-bond acceptors (Lipinski definition) is 4. The van der Waals surface area contributed by atoms with Gasteiger partial charge >= 0.3 is 5.97 Å². The van der Waals surface area contributed by atoms with Crippen molar-refractivity contribution in [3.05, 3.63) is 42.6 Å². The molecule has 2 heterocycles. The van der Waals surface area contributed by atoms with E-state index in [0.717, 1.165) is 25.1 Å². The predicted molar refractivity (Wildman–Crippen MR) is 93.0 cm³/mol. The summed E-state index contributed by atoms with van der Waals surface area (Å²) in [5.74, 6) is 0.211. The Morgan fingerprint density at radius 1 is 1.38 bits per heavy atom. The Balaban J connectivity index is 2.21. The number of hydrogen-bond donors (Lipinski definition) is 2. The first-order valence-electron chi connectivity index (χ1n) is 8.40. The third-order valence-corrected chi connectivity index (χ3v) is 4.62. The van der Waals surface area contributed by atoms with Gasteiger partial charge in [-0.05, 0) is 50.8 Å². The lowest BCUT2D eigenvalue weighted by atomic mass is 9.79. The molecule has 0 aliphatic heterocycles. The molecule has 2 aromatic rings. The van der Waals surface area contributed by atoms with Gasteiger partial charge in [0.15, 0.2) is 0 Å². The van der Waals surface area contributed by atoms with Gasteiger partial charge in [0.1, 0.15) is 17.6 Å². The molecule has 0 amide bonds. The fraction of sp³-hybridized carbons (Fsp3) is 0.500. The standard InChI is InChI=1S/C18H26N4O2/c1-3-6-14(11-19)8-9-18(2,17(23)24)15-12-22(13-21-15)16-7-4-5-10-20-16/h4-5,7,10,12-14H,3,6,8-9,11,19H2,1-2H3,(H,23,24)/t14-,18+/m1/s1. The topological polar surface area (TPSA) is 94.0 Å². The second-order valence-corrected chi connectivity index (χ2v) is 6.42. The first-order valence-corrected chi connectivity index (χ1v) is 8.40. The van der Waals surface area contributed by atoms with Gasteiger partial charge in [-0.1, -0.05) is 19.4 Å². The number of nitrogens with zero attached hydrogens (tertiary/aromatic N) is 3. The van der Waals surface area contributed by atoms with Gasteiger partial charge in [0, 0.05) is 12.4 Å². The highest BCUT2D eigenvalue weighted by Crippen LogP contribution is 2.31. The Kier molecular flexibility index (Phi) is 6.09. The molecule has 0 radical (unpaired) electrons. The van der Waals surface area contributed by atoms with Gasteiger partial charge in [-0.3, -0.25) is 9.36 Å². The molecule has 0 fully saturated rings. The van der Waals surface area contributed by atoms with Gasteiger partial charge < -0.3 is 10.8 Å². The highest BCUT2D eigenvalue weighted by molar-refractivity contribution is 5.80. The van der Waals surface area contributed by atoms with Gasteiger partial charge in [-0.2, -0.15) is 0 Å². The summed E-state index contributed by atoms with van der Waals surface area (Å²) >= 11 is 0. The van der Waals surface area contributed by atoms with Crippen LogP contribution in [0.3, 0.4) is 0 Å². The molecular weight excluding hydrogens is 304 g/mol. The van der Waals surface area contributed by atoms with Crippen LogP contribution >= 0.6 is 0 Å². The van der Waals surface area contributed by atoms with Gasteiger partial charge in [0.25, 0.3) is 0 Å². The number of imidazole rings is 1. The maximum atomic E-state index is 11.9. The Morgan fingerprint density at radius 3 is 2.75 bits per heavy atom. The minimum atomic E-state index is -1.03. The first kappa shape index (κ1) is 18.1. The summed E-state index contributed by atoms with van der Waals surface area (Å²) in [7, 11) is 0. The highest BCUT2D eigenvalue weighted by atomic mass is 16.4. The smallest absolute Gasteiger partial charge is 0.315 e. The summed E-state index contributed by atoms with van der Waals surface area (Å²) in [4.78, 5) is 20.5. The van der Waals surface area contributed by atoms with Gasteiger partial charge in [-0.25, -0.2) is 9.97 Å². The Labute approximate surface area is 142 Å². The van der Waals surface area contributed by atoms with Crippen molar-refractivity contribution in [3.8, 4) is 5.82 Å². The molecule has 24 heavy (non-hydrogen) atoms. The second kappa shape index (κ2) is 8.06. The summed E-state index contributed by atoms with van der Waals surface area (Å²) in [6, 6.07) is 5.58. The van der Waals surface area contributed by atoms with E-state index in [1.54, 1.807) is 30.2 Å². The van der Waals surface area contributed by atoms with Crippen LogP contribution in [0.1, 0.15) is 45.2 Å². The van der Waals surface area contributed by atoms with Crippen LogP contribution in [0.2, 0.25) is 0 Å². The number of carboxylic acid groups (broad SMARTS) is 1. The Morgan fingerprint density at radius 2 is 2.17 bits per heavy atom. The van der Waals surface area contributed by atoms with Crippen LogP contribution in [0.15, 0.2) is 36.9 Å². The molecule has 0 aliphatic carbocycles. The molecule has 2 aromatic heterocycles. The quantitative estimate of drug-likeness (QED) is 0.737. The lowest BCUT2D eigenvalue weighted by Gasteiger charge is -2.25. The van der Waals surface area contributed by atoms with Gasteiger partial charge in [-0.15, -0.1) is 0 Å². The molecular formula is C18H26N4O2. The van der Waals surface area contributed by atoms with Gasteiger partial charge in [0.05, 0.1) is 5.69 Å². The van der Waals surface area contributed by atoms with E-state index >= 15 is 0 Å². The first-order chi connectivity index (χ1) is 11.5. The van der Waals surface area contributed by atoms with Crippen LogP contribution in [0, 0.1) is 5.92 Å². The summed E-state index contributed by atoms with van der Waals surface area (Å²) in [5, 5.41) is 9.79. The van der Waals surface area contributed by atoms with E-state index in [1.165, 1.54) is 0 Å². The van der Waals surface area contributed by atoms with E-state index < -0.39 is 11.4 Å². The van der Waals surface area contributed by atoms with E-state index in [1.807, 2.05) is 18.2 Å². The normalized spacial score (nSPS) is 15.0. The van der Waals surface area contributed by atoms with Crippen LogP contribution < -0.4 is 5.73 Å². The summed E-state index contributed by atoms with van der Waals surface area (Å²) in [6.07, 6.45) is 8.45. The molecule has 2 atom stereocenters. The molecule has 3 N–H and O–H groups in total. The minimum Gasteiger partial charge on any atom is -0.481 e. The van der Waals surface area contributed by atoms with Crippen LogP contribution in [0.4, 0.5) is 0 Å². The lowest BCUT2D eigenvalue weighted by Crippen LogP contribution is -2.34. The van der Waals surface area contributed by atoms with Crippen LogP contribution in [0.25, 0.3) is 5.82 Å².